The molecule has 5 nitrogen and oxygen atoms in total. The first-order valence-electron chi connectivity index (χ1n) is 10.4. The third-order valence-electron chi connectivity index (χ3n) is 5.58. The van der Waals surface area contributed by atoms with E-state index in [-0.39, 0.29) is 23.0 Å². The largest absolute Gasteiger partial charge is 0.325 e. The number of halogens is 2. The van der Waals surface area contributed by atoms with Gasteiger partial charge in [-0.15, -0.1) is 11.3 Å². The number of carbonyl (C=O) groups excluding carboxylic acids is 1. The first kappa shape index (κ1) is 22.1. The summed E-state index contributed by atoms with van der Waals surface area (Å²) < 4.78 is 15.3. The van der Waals surface area contributed by atoms with Crippen molar-refractivity contribution in [3.05, 3.63) is 79.7 Å². The van der Waals surface area contributed by atoms with Crippen LogP contribution in [0.3, 0.4) is 0 Å². The molecule has 2 heterocycles. The molecule has 33 heavy (non-hydrogen) atoms. The Kier molecular flexibility index (Phi) is 5.99. The van der Waals surface area contributed by atoms with Crippen LogP contribution in [0.4, 0.5) is 10.1 Å². The molecule has 2 aromatic carbocycles. The van der Waals surface area contributed by atoms with Crippen LogP contribution in [-0.4, -0.2) is 21.2 Å². The second-order valence-corrected chi connectivity index (χ2v) is 10.3. The summed E-state index contributed by atoms with van der Waals surface area (Å²) in [4.78, 5) is 32.9. The highest BCUT2D eigenvalue weighted by atomic mass is 35.5. The van der Waals surface area contributed by atoms with E-state index in [0.717, 1.165) is 24.8 Å². The first-order valence-corrected chi connectivity index (χ1v) is 12.6. The van der Waals surface area contributed by atoms with Crippen LogP contribution < -0.4 is 10.9 Å². The van der Waals surface area contributed by atoms with E-state index < -0.39 is 0 Å². The smallest absolute Gasteiger partial charge is 0.267 e. The SMILES string of the molecule is Cc1ccc(NC(=O)CSc2nc3sc4c(c3c(=O)n2-c2ccc(Cl)cc2)CCC4)cc1F. The van der Waals surface area contributed by atoms with Gasteiger partial charge in [0.05, 0.1) is 16.8 Å². The van der Waals surface area contributed by atoms with E-state index >= 15 is 0 Å². The lowest BCUT2D eigenvalue weighted by molar-refractivity contribution is -0.113. The summed E-state index contributed by atoms with van der Waals surface area (Å²) in [5.41, 5.74) is 2.50. The number of carbonyl (C=O) groups is 1. The van der Waals surface area contributed by atoms with Crippen molar-refractivity contribution >= 4 is 56.5 Å². The lowest BCUT2D eigenvalue weighted by atomic mass is 10.2. The molecule has 0 spiro atoms. The van der Waals surface area contributed by atoms with Gasteiger partial charge < -0.3 is 5.32 Å². The molecule has 0 bridgehead atoms. The summed E-state index contributed by atoms with van der Waals surface area (Å²) in [5.74, 6) is -0.671. The molecule has 1 aliphatic carbocycles. The summed E-state index contributed by atoms with van der Waals surface area (Å²) in [7, 11) is 0. The first-order chi connectivity index (χ1) is 15.9. The molecule has 0 atom stereocenters. The van der Waals surface area contributed by atoms with Crippen molar-refractivity contribution in [2.24, 2.45) is 0 Å². The second-order valence-electron chi connectivity index (χ2n) is 7.85. The number of aromatic nitrogens is 2. The monoisotopic (exact) mass is 499 g/mol. The molecule has 9 heteroatoms. The number of thiophene rings is 1. The van der Waals surface area contributed by atoms with Crippen molar-refractivity contribution in [3.63, 3.8) is 0 Å². The number of aryl methyl sites for hydroxylation is 3. The minimum absolute atomic E-state index is 0.0200. The van der Waals surface area contributed by atoms with Crippen molar-refractivity contribution in [3.8, 4) is 5.69 Å². The van der Waals surface area contributed by atoms with E-state index in [1.807, 2.05) is 0 Å². The van der Waals surface area contributed by atoms with Crippen molar-refractivity contribution in [1.29, 1.82) is 0 Å². The molecule has 0 saturated heterocycles. The molecule has 0 unspecified atom stereocenters. The van der Waals surface area contributed by atoms with Gasteiger partial charge in [-0.1, -0.05) is 29.4 Å². The van der Waals surface area contributed by atoms with Gasteiger partial charge in [0.25, 0.3) is 5.56 Å². The molecule has 4 aromatic rings. The number of thioether (sulfide) groups is 1. The van der Waals surface area contributed by atoms with Crippen LogP contribution in [0.15, 0.2) is 52.4 Å². The number of nitrogens with one attached hydrogen (secondary N) is 1. The van der Waals surface area contributed by atoms with Crippen LogP contribution in [0.1, 0.15) is 22.4 Å². The summed E-state index contributed by atoms with van der Waals surface area (Å²) in [6.45, 7) is 1.66. The van der Waals surface area contributed by atoms with Gasteiger partial charge in [0.15, 0.2) is 5.16 Å². The summed E-state index contributed by atoms with van der Waals surface area (Å²) in [5, 5.41) is 4.37. The number of amides is 1. The molecule has 2 aromatic heterocycles. The van der Waals surface area contributed by atoms with E-state index in [1.54, 1.807) is 59.2 Å². The molecule has 0 radical (unpaired) electrons. The zero-order valence-electron chi connectivity index (χ0n) is 17.7. The Balaban J connectivity index is 1.49. The van der Waals surface area contributed by atoms with Crippen molar-refractivity contribution in [1.82, 2.24) is 9.55 Å². The van der Waals surface area contributed by atoms with E-state index in [0.29, 0.717) is 37.3 Å². The number of hydrogen-bond acceptors (Lipinski definition) is 5. The zero-order valence-corrected chi connectivity index (χ0v) is 20.0. The van der Waals surface area contributed by atoms with Crippen LogP contribution in [0.25, 0.3) is 15.9 Å². The fourth-order valence-electron chi connectivity index (χ4n) is 3.94. The minimum atomic E-state index is -0.380. The third kappa shape index (κ3) is 4.30. The van der Waals surface area contributed by atoms with E-state index in [9.17, 15) is 14.0 Å². The van der Waals surface area contributed by atoms with Crippen molar-refractivity contribution in [2.75, 3.05) is 11.1 Å². The molecule has 1 N–H and O–H groups in total. The highest BCUT2D eigenvalue weighted by molar-refractivity contribution is 7.99. The van der Waals surface area contributed by atoms with Gasteiger partial charge in [0.2, 0.25) is 5.91 Å². The minimum Gasteiger partial charge on any atom is -0.325 e. The Bertz CT molecular complexity index is 1450. The lowest BCUT2D eigenvalue weighted by Gasteiger charge is -2.13. The van der Waals surface area contributed by atoms with Gasteiger partial charge in [-0.3, -0.25) is 14.2 Å². The number of rotatable bonds is 5. The Hall–Kier alpha value is -2.68. The molecule has 1 amide bonds. The van der Waals surface area contributed by atoms with Gasteiger partial charge in [0.1, 0.15) is 10.6 Å². The molecule has 1 aliphatic rings. The Morgan fingerprint density at radius 1 is 1.24 bits per heavy atom. The van der Waals surface area contributed by atoms with Crippen LogP contribution in [0.2, 0.25) is 5.02 Å². The number of benzene rings is 2. The number of nitrogens with zero attached hydrogens (tertiary/aromatic N) is 2. The fourth-order valence-corrected chi connectivity index (χ4v) is 6.18. The predicted molar refractivity (Wildman–Crippen MR) is 133 cm³/mol. The summed E-state index contributed by atoms with van der Waals surface area (Å²) >= 11 is 8.78. The number of fused-ring (bicyclic) bond motifs is 3. The van der Waals surface area contributed by atoms with E-state index in [4.69, 9.17) is 16.6 Å². The van der Waals surface area contributed by atoms with Crippen LogP contribution in [0.5, 0.6) is 0 Å². The molecular formula is C24H19ClFN3O2S2. The van der Waals surface area contributed by atoms with Crippen LogP contribution >= 0.6 is 34.7 Å². The highest BCUT2D eigenvalue weighted by Gasteiger charge is 2.24. The average Bonchev–Trinajstić information content (AvgIpc) is 3.37. The van der Waals surface area contributed by atoms with Gasteiger partial charge in [-0.05, 0) is 73.7 Å². The van der Waals surface area contributed by atoms with Crippen molar-refractivity contribution < 1.29 is 9.18 Å². The molecule has 0 aliphatic heterocycles. The van der Waals surface area contributed by atoms with E-state index in [1.165, 1.54) is 22.7 Å². The third-order valence-corrected chi connectivity index (χ3v) is 7.96. The Morgan fingerprint density at radius 3 is 2.79 bits per heavy atom. The van der Waals surface area contributed by atoms with Gasteiger partial charge in [-0.2, -0.15) is 0 Å². The average molecular weight is 500 g/mol. The normalized spacial score (nSPS) is 12.8. The predicted octanol–water partition coefficient (Wildman–Crippen LogP) is 5.77. The van der Waals surface area contributed by atoms with Gasteiger partial charge in [0, 0.05) is 15.6 Å². The fraction of sp³-hybridized carbons (Fsp3) is 0.208. The second kappa shape index (κ2) is 8.93. The van der Waals surface area contributed by atoms with E-state index in [2.05, 4.69) is 5.32 Å². The van der Waals surface area contributed by atoms with Crippen LogP contribution in [-0.2, 0) is 17.6 Å². The molecular weight excluding hydrogens is 481 g/mol. The quantitative estimate of drug-likeness (QED) is 0.280. The molecule has 0 fully saturated rings. The number of hydrogen-bond donors (Lipinski definition) is 1. The number of anilines is 1. The Labute approximate surface area is 202 Å². The molecule has 168 valence electrons. The molecule has 5 rings (SSSR count). The van der Waals surface area contributed by atoms with Gasteiger partial charge in [-0.25, -0.2) is 9.37 Å². The maximum atomic E-state index is 13.8. The zero-order chi connectivity index (χ0) is 23.1. The van der Waals surface area contributed by atoms with Gasteiger partial charge >= 0.3 is 0 Å². The Morgan fingerprint density at radius 2 is 2.03 bits per heavy atom. The summed E-state index contributed by atoms with van der Waals surface area (Å²) in [6, 6.07) is 11.5. The lowest BCUT2D eigenvalue weighted by Crippen LogP contribution is -2.23. The van der Waals surface area contributed by atoms with Crippen molar-refractivity contribution in [2.45, 2.75) is 31.3 Å². The highest BCUT2D eigenvalue weighted by Crippen LogP contribution is 2.36. The topological polar surface area (TPSA) is 64.0 Å². The molecule has 0 saturated carbocycles. The maximum Gasteiger partial charge on any atom is 0.267 e. The van der Waals surface area contributed by atoms with Crippen LogP contribution in [0, 0.1) is 12.7 Å². The standard InChI is InChI=1S/C24H19ClFN3O2S2/c1-13-5-8-15(11-18(13)26)27-20(30)12-32-24-28-22-21(17-3-2-4-19(17)33-22)23(31)29(24)16-9-6-14(25)7-10-16/h5-11H,2-4,12H2,1H3,(H,27,30). The maximum absolute atomic E-state index is 13.8. The summed E-state index contributed by atoms with van der Waals surface area (Å²) in [6.07, 6.45) is 2.90.